The van der Waals surface area contributed by atoms with Gasteiger partial charge in [-0.25, -0.2) is 4.79 Å². The number of rotatable bonds is 8. The molecular formula is C20H20N4O6. The molecule has 0 atom stereocenters. The van der Waals surface area contributed by atoms with Gasteiger partial charge in [-0.05, 0) is 43.7 Å². The van der Waals surface area contributed by atoms with Gasteiger partial charge in [0.05, 0.1) is 24.2 Å². The van der Waals surface area contributed by atoms with Crippen LogP contribution in [0.2, 0.25) is 0 Å². The summed E-state index contributed by atoms with van der Waals surface area (Å²) in [4.78, 5) is 22.9. The van der Waals surface area contributed by atoms with Crippen LogP contribution in [0.5, 0.6) is 11.5 Å². The molecule has 0 amide bonds. The van der Waals surface area contributed by atoms with Gasteiger partial charge in [-0.15, -0.1) is 5.10 Å². The van der Waals surface area contributed by atoms with E-state index in [1.54, 1.807) is 44.2 Å². The number of benzene rings is 2. The molecule has 1 heterocycles. The molecule has 0 aliphatic carbocycles. The highest BCUT2D eigenvalue weighted by Crippen LogP contribution is 2.34. The van der Waals surface area contributed by atoms with Gasteiger partial charge in [-0.2, -0.15) is 10.3 Å². The fourth-order valence-electron chi connectivity index (χ4n) is 2.83. The van der Waals surface area contributed by atoms with E-state index in [0.717, 1.165) is 5.56 Å². The number of nitrogens with one attached hydrogen (secondary N) is 1. The van der Waals surface area contributed by atoms with Crippen LogP contribution in [0.1, 0.15) is 28.5 Å². The zero-order valence-electron chi connectivity index (χ0n) is 16.7. The first-order valence-electron chi connectivity index (χ1n) is 9.07. The second-order valence-electron chi connectivity index (χ2n) is 6.28. The maximum Gasteiger partial charge on any atom is 0.361 e. The van der Waals surface area contributed by atoms with Crippen LogP contribution in [0.25, 0.3) is 11.3 Å². The molecular weight excluding hydrogens is 392 g/mol. The minimum Gasteiger partial charge on any atom is -0.493 e. The molecule has 0 fully saturated rings. The van der Waals surface area contributed by atoms with E-state index in [-0.39, 0.29) is 24.6 Å². The van der Waals surface area contributed by atoms with Crippen molar-refractivity contribution in [3.8, 4) is 22.8 Å². The Balaban J connectivity index is 1.85. The fourth-order valence-corrected chi connectivity index (χ4v) is 2.83. The van der Waals surface area contributed by atoms with Crippen LogP contribution in [0, 0.1) is 17.0 Å². The molecule has 0 aliphatic heterocycles. The number of methoxy groups -OCH3 is 1. The van der Waals surface area contributed by atoms with Crippen LogP contribution in [0.4, 0.5) is 5.69 Å². The minimum atomic E-state index is -0.591. The van der Waals surface area contributed by atoms with E-state index in [0.29, 0.717) is 28.3 Å². The molecule has 10 nitrogen and oxygen atoms in total. The van der Waals surface area contributed by atoms with E-state index in [1.807, 2.05) is 0 Å². The van der Waals surface area contributed by atoms with Gasteiger partial charge < -0.3 is 14.2 Å². The number of nitro benzene ring substituents is 1. The van der Waals surface area contributed by atoms with Gasteiger partial charge in [0.1, 0.15) is 12.3 Å². The van der Waals surface area contributed by atoms with Crippen LogP contribution in [-0.2, 0) is 11.3 Å². The van der Waals surface area contributed by atoms with Crippen molar-refractivity contribution in [1.82, 2.24) is 15.4 Å². The molecule has 0 spiro atoms. The van der Waals surface area contributed by atoms with Gasteiger partial charge >= 0.3 is 5.97 Å². The lowest BCUT2D eigenvalue weighted by Crippen LogP contribution is -2.07. The second kappa shape index (κ2) is 9.03. The van der Waals surface area contributed by atoms with Crippen molar-refractivity contribution in [2.75, 3.05) is 13.7 Å². The molecule has 2 aromatic carbocycles. The zero-order chi connectivity index (χ0) is 21.7. The number of ether oxygens (including phenoxy) is 3. The molecule has 0 bridgehead atoms. The van der Waals surface area contributed by atoms with Crippen LogP contribution in [-0.4, -0.2) is 40.0 Å². The van der Waals surface area contributed by atoms with Gasteiger partial charge in [0.2, 0.25) is 0 Å². The first-order valence-corrected chi connectivity index (χ1v) is 9.07. The van der Waals surface area contributed by atoms with Crippen LogP contribution in [0.3, 0.4) is 0 Å². The van der Waals surface area contributed by atoms with Crippen molar-refractivity contribution >= 4 is 11.7 Å². The molecule has 156 valence electrons. The number of carbonyl (C=O) groups is 1. The predicted molar refractivity (Wildman–Crippen MR) is 106 cm³/mol. The van der Waals surface area contributed by atoms with Gasteiger partial charge in [0, 0.05) is 11.6 Å². The summed E-state index contributed by atoms with van der Waals surface area (Å²) < 4.78 is 16.1. The van der Waals surface area contributed by atoms with E-state index < -0.39 is 10.9 Å². The SMILES string of the molecule is CCOC(=O)c1n[nH]nc1-c1ccc(OCc2ccc(C)cc2[N+](=O)[O-])c(OC)c1. The molecule has 30 heavy (non-hydrogen) atoms. The summed E-state index contributed by atoms with van der Waals surface area (Å²) in [7, 11) is 1.47. The number of H-pyrrole nitrogens is 1. The molecule has 3 rings (SSSR count). The molecule has 0 saturated carbocycles. The predicted octanol–water partition coefficient (Wildman–Crippen LogP) is 3.45. The lowest BCUT2D eigenvalue weighted by atomic mass is 10.1. The Kier molecular flexibility index (Phi) is 6.26. The summed E-state index contributed by atoms with van der Waals surface area (Å²) in [6.45, 7) is 3.69. The Bertz CT molecular complexity index is 1080. The number of aromatic nitrogens is 3. The lowest BCUT2D eigenvalue weighted by molar-refractivity contribution is -0.385. The third-order valence-corrected chi connectivity index (χ3v) is 4.27. The normalized spacial score (nSPS) is 10.5. The summed E-state index contributed by atoms with van der Waals surface area (Å²) in [5.41, 5.74) is 2.16. The maximum absolute atomic E-state index is 12.0. The highest BCUT2D eigenvalue weighted by Gasteiger charge is 2.21. The quantitative estimate of drug-likeness (QED) is 0.338. The largest absolute Gasteiger partial charge is 0.493 e. The van der Waals surface area contributed by atoms with E-state index in [1.165, 1.54) is 13.2 Å². The van der Waals surface area contributed by atoms with E-state index in [4.69, 9.17) is 14.2 Å². The molecule has 0 saturated heterocycles. The number of nitro groups is 1. The first kappa shape index (κ1) is 20.8. The van der Waals surface area contributed by atoms with E-state index >= 15 is 0 Å². The van der Waals surface area contributed by atoms with Crippen molar-refractivity contribution < 1.29 is 23.9 Å². The number of hydrogen-bond acceptors (Lipinski definition) is 8. The number of aryl methyl sites for hydroxylation is 1. The highest BCUT2D eigenvalue weighted by atomic mass is 16.6. The Hall–Kier alpha value is -3.95. The van der Waals surface area contributed by atoms with Crippen molar-refractivity contribution in [1.29, 1.82) is 0 Å². The smallest absolute Gasteiger partial charge is 0.361 e. The summed E-state index contributed by atoms with van der Waals surface area (Å²) >= 11 is 0. The maximum atomic E-state index is 12.0. The van der Waals surface area contributed by atoms with E-state index in [2.05, 4.69) is 15.4 Å². The highest BCUT2D eigenvalue weighted by molar-refractivity contribution is 5.94. The topological polar surface area (TPSA) is 129 Å². The molecule has 10 heteroatoms. The Morgan fingerprint density at radius 2 is 1.97 bits per heavy atom. The average Bonchev–Trinajstić information content (AvgIpc) is 3.23. The van der Waals surface area contributed by atoms with Crippen molar-refractivity contribution in [2.45, 2.75) is 20.5 Å². The van der Waals surface area contributed by atoms with Gasteiger partial charge in [-0.3, -0.25) is 10.1 Å². The molecule has 0 unspecified atom stereocenters. The summed E-state index contributed by atoms with van der Waals surface area (Å²) in [5, 5.41) is 21.6. The number of hydrogen-bond donors (Lipinski definition) is 1. The molecule has 0 aliphatic rings. The number of nitrogens with zero attached hydrogens (tertiary/aromatic N) is 3. The Labute approximate surface area is 171 Å². The van der Waals surface area contributed by atoms with Crippen molar-refractivity contribution in [2.24, 2.45) is 0 Å². The molecule has 0 radical (unpaired) electrons. The Morgan fingerprint density at radius 1 is 1.17 bits per heavy atom. The third kappa shape index (κ3) is 4.37. The second-order valence-corrected chi connectivity index (χ2v) is 6.28. The van der Waals surface area contributed by atoms with Gasteiger partial charge in [0.15, 0.2) is 17.2 Å². The van der Waals surface area contributed by atoms with Crippen LogP contribution in [0.15, 0.2) is 36.4 Å². The number of esters is 1. The fraction of sp³-hybridized carbons (Fsp3) is 0.250. The number of carbonyl (C=O) groups excluding carboxylic acids is 1. The zero-order valence-corrected chi connectivity index (χ0v) is 16.7. The van der Waals surface area contributed by atoms with Crippen LogP contribution >= 0.6 is 0 Å². The number of aromatic amines is 1. The summed E-state index contributed by atoms with van der Waals surface area (Å²) in [6, 6.07) is 9.91. The van der Waals surface area contributed by atoms with Crippen LogP contribution < -0.4 is 9.47 Å². The summed E-state index contributed by atoms with van der Waals surface area (Å²) in [5.74, 6) is 0.171. The molecule has 1 N–H and O–H groups in total. The average molecular weight is 412 g/mol. The minimum absolute atomic E-state index is 0.00716. The summed E-state index contributed by atoms with van der Waals surface area (Å²) in [6.07, 6.45) is 0. The Morgan fingerprint density at radius 3 is 2.67 bits per heavy atom. The standard InChI is InChI=1S/C20H20N4O6/c1-4-29-20(25)19-18(21-23-22-19)13-7-8-16(17(10-13)28-3)30-11-14-6-5-12(2)9-15(14)24(26)27/h5-10H,4,11H2,1-3H3,(H,21,22,23). The van der Waals surface area contributed by atoms with Crippen molar-refractivity contribution in [3.63, 3.8) is 0 Å². The van der Waals surface area contributed by atoms with Crippen molar-refractivity contribution in [3.05, 3.63) is 63.3 Å². The lowest BCUT2D eigenvalue weighted by Gasteiger charge is -2.12. The van der Waals surface area contributed by atoms with Gasteiger partial charge in [-0.1, -0.05) is 6.07 Å². The molecule has 3 aromatic rings. The molecule has 1 aromatic heterocycles. The first-order chi connectivity index (χ1) is 14.4. The van der Waals surface area contributed by atoms with Gasteiger partial charge in [0.25, 0.3) is 5.69 Å². The third-order valence-electron chi connectivity index (χ3n) is 4.27. The monoisotopic (exact) mass is 412 g/mol. The van der Waals surface area contributed by atoms with E-state index in [9.17, 15) is 14.9 Å².